The Morgan fingerprint density at radius 1 is 1.00 bits per heavy atom. The second kappa shape index (κ2) is 11.8. The number of likely N-dealkylation sites (tertiary alicyclic amines) is 1. The van der Waals surface area contributed by atoms with Crippen molar-refractivity contribution in [3.63, 3.8) is 0 Å². The summed E-state index contributed by atoms with van der Waals surface area (Å²) in [5.41, 5.74) is 1.52. The van der Waals surface area contributed by atoms with Gasteiger partial charge in [0, 0.05) is 31.7 Å². The largest absolute Gasteiger partial charge is 0.341 e. The molecule has 3 rings (SSSR count). The highest BCUT2D eigenvalue weighted by atomic mass is 32.2. The number of carbonyl (C=O) groups excluding carboxylic acids is 2. The number of nitrogens with zero attached hydrogens (tertiary/aromatic N) is 2. The lowest BCUT2D eigenvalue weighted by atomic mass is 9.89. The van der Waals surface area contributed by atoms with E-state index in [0.717, 1.165) is 12.8 Å². The minimum Gasteiger partial charge on any atom is -0.341 e. The van der Waals surface area contributed by atoms with E-state index < -0.39 is 22.0 Å². The highest BCUT2D eigenvalue weighted by Gasteiger charge is 2.32. The zero-order chi connectivity index (χ0) is 25.6. The monoisotopic (exact) mass is 499 g/mol. The Balaban J connectivity index is 1.70. The highest BCUT2D eigenvalue weighted by molar-refractivity contribution is 7.89. The van der Waals surface area contributed by atoms with E-state index in [1.807, 2.05) is 36.9 Å². The lowest BCUT2D eigenvalue weighted by Crippen LogP contribution is -2.52. The first kappa shape index (κ1) is 26.9. The SMILES string of the molecule is CCN(CC)S(=O)(=O)c1cccc(C(=O)N[C@H](C(=O)N2CCC(c3ccccc3)CC2)C(C)C)c1. The fourth-order valence-electron chi connectivity index (χ4n) is 4.60. The van der Waals surface area contributed by atoms with E-state index >= 15 is 0 Å². The molecule has 2 aromatic carbocycles. The van der Waals surface area contributed by atoms with Crippen LogP contribution in [0, 0.1) is 5.92 Å². The van der Waals surface area contributed by atoms with Gasteiger partial charge in [-0.05, 0) is 48.4 Å². The summed E-state index contributed by atoms with van der Waals surface area (Å²) >= 11 is 0. The molecule has 0 radical (unpaired) electrons. The van der Waals surface area contributed by atoms with E-state index in [1.54, 1.807) is 26.0 Å². The van der Waals surface area contributed by atoms with E-state index in [2.05, 4.69) is 17.4 Å². The molecule has 1 aliphatic heterocycles. The van der Waals surface area contributed by atoms with Crippen LogP contribution in [0.15, 0.2) is 59.5 Å². The number of carbonyl (C=O) groups is 2. The molecule has 2 amide bonds. The molecule has 0 saturated carbocycles. The smallest absolute Gasteiger partial charge is 0.251 e. The Morgan fingerprint density at radius 3 is 2.20 bits per heavy atom. The van der Waals surface area contributed by atoms with E-state index in [9.17, 15) is 18.0 Å². The molecule has 35 heavy (non-hydrogen) atoms. The summed E-state index contributed by atoms with van der Waals surface area (Å²) < 4.78 is 27.1. The molecule has 1 saturated heterocycles. The van der Waals surface area contributed by atoms with Crippen LogP contribution >= 0.6 is 0 Å². The van der Waals surface area contributed by atoms with Gasteiger partial charge < -0.3 is 10.2 Å². The molecule has 190 valence electrons. The van der Waals surface area contributed by atoms with Crippen molar-refractivity contribution in [1.82, 2.24) is 14.5 Å². The summed E-state index contributed by atoms with van der Waals surface area (Å²) in [4.78, 5) is 28.3. The van der Waals surface area contributed by atoms with Gasteiger partial charge in [-0.2, -0.15) is 4.31 Å². The van der Waals surface area contributed by atoms with Crippen molar-refractivity contribution < 1.29 is 18.0 Å². The van der Waals surface area contributed by atoms with Gasteiger partial charge in [0.1, 0.15) is 6.04 Å². The molecule has 1 atom stereocenters. The minimum absolute atomic E-state index is 0.0734. The Labute approximate surface area is 209 Å². The van der Waals surface area contributed by atoms with Crippen LogP contribution in [0.1, 0.15) is 62.4 Å². The van der Waals surface area contributed by atoms with Crippen LogP contribution in [-0.4, -0.2) is 61.7 Å². The van der Waals surface area contributed by atoms with Crippen LogP contribution in [0.25, 0.3) is 0 Å². The van der Waals surface area contributed by atoms with Crippen LogP contribution in [-0.2, 0) is 14.8 Å². The van der Waals surface area contributed by atoms with Crippen LogP contribution in [0.3, 0.4) is 0 Å². The molecule has 0 bridgehead atoms. The molecule has 1 aliphatic rings. The fraction of sp³-hybridized carbons (Fsp3) is 0.481. The van der Waals surface area contributed by atoms with Gasteiger partial charge in [-0.25, -0.2) is 8.42 Å². The summed E-state index contributed by atoms with van der Waals surface area (Å²) in [7, 11) is -3.69. The number of sulfonamides is 1. The third kappa shape index (κ3) is 6.30. The first-order valence-electron chi connectivity index (χ1n) is 12.4. The van der Waals surface area contributed by atoms with Gasteiger partial charge in [0.25, 0.3) is 5.91 Å². The van der Waals surface area contributed by atoms with Gasteiger partial charge in [0.15, 0.2) is 0 Å². The maximum absolute atomic E-state index is 13.4. The first-order chi connectivity index (χ1) is 16.7. The molecule has 0 unspecified atom stereocenters. The average molecular weight is 500 g/mol. The van der Waals surface area contributed by atoms with Crippen LogP contribution in [0.2, 0.25) is 0 Å². The summed E-state index contributed by atoms with van der Waals surface area (Å²) in [6.45, 7) is 9.35. The zero-order valence-corrected chi connectivity index (χ0v) is 21.9. The number of amides is 2. The third-order valence-electron chi connectivity index (χ3n) is 6.74. The molecule has 0 spiro atoms. The van der Waals surface area contributed by atoms with E-state index in [1.165, 1.54) is 22.0 Å². The summed E-state index contributed by atoms with van der Waals surface area (Å²) in [6.07, 6.45) is 1.78. The molecular formula is C27H37N3O4S. The van der Waals surface area contributed by atoms with Crippen molar-refractivity contribution in [3.8, 4) is 0 Å². The molecule has 8 heteroatoms. The van der Waals surface area contributed by atoms with Gasteiger partial charge in [0.05, 0.1) is 4.90 Å². The van der Waals surface area contributed by atoms with Crippen LogP contribution < -0.4 is 5.32 Å². The Morgan fingerprint density at radius 2 is 1.63 bits per heavy atom. The lowest BCUT2D eigenvalue weighted by Gasteiger charge is -2.35. The summed E-state index contributed by atoms with van der Waals surface area (Å²) in [5.74, 6) is -0.219. The predicted octanol–water partition coefficient (Wildman–Crippen LogP) is 3.88. The van der Waals surface area contributed by atoms with Gasteiger partial charge in [-0.15, -0.1) is 0 Å². The van der Waals surface area contributed by atoms with Crippen molar-refractivity contribution in [3.05, 3.63) is 65.7 Å². The van der Waals surface area contributed by atoms with Crippen LogP contribution in [0.5, 0.6) is 0 Å². The van der Waals surface area contributed by atoms with Crippen molar-refractivity contribution in [2.45, 2.75) is 57.4 Å². The third-order valence-corrected chi connectivity index (χ3v) is 8.78. The Kier molecular flexibility index (Phi) is 9.08. The maximum Gasteiger partial charge on any atom is 0.251 e. The Hall–Kier alpha value is -2.71. The fourth-order valence-corrected chi connectivity index (χ4v) is 6.11. The molecule has 1 heterocycles. The second-order valence-electron chi connectivity index (χ2n) is 9.32. The number of nitrogens with one attached hydrogen (secondary N) is 1. The summed E-state index contributed by atoms with van der Waals surface area (Å²) in [6, 6.07) is 15.7. The van der Waals surface area contributed by atoms with Crippen molar-refractivity contribution in [2.24, 2.45) is 5.92 Å². The van der Waals surface area contributed by atoms with Crippen molar-refractivity contribution >= 4 is 21.8 Å². The zero-order valence-electron chi connectivity index (χ0n) is 21.1. The molecule has 0 aromatic heterocycles. The predicted molar refractivity (Wildman–Crippen MR) is 138 cm³/mol. The lowest BCUT2D eigenvalue weighted by molar-refractivity contribution is -0.135. The standard InChI is InChI=1S/C27H37N3O4S/c1-5-30(6-2)35(33,34)24-14-10-13-23(19-24)26(31)28-25(20(3)4)27(32)29-17-15-22(16-18-29)21-11-8-7-9-12-21/h7-14,19-20,22,25H,5-6,15-18H2,1-4H3,(H,28,31)/t25-/m0/s1. The molecule has 2 aromatic rings. The number of hydrogen-bond acceptors (Lipinski definition) is 4. The minimum atomic E-state index is -3.69. The number of rotatable bonds is 9. The molecule has 0 aliphatic carbocycles. The van der Waals surface area contributed by atoms with E-state index in [4.69, 9.17) is 0 Å². The van der Waals surface area contributed by atoms with E-state index in [-0.39, 0.29) is 22.3 Å². The normalized spacial score (nSPS) is 15.9. The van der Waals surface area contributed by atoms with Gasteiger partial charge in [-0.3, -0.25) is 9.59 Å². The van der Waals surface area contributed by atoms with E-state index in [0.29, 0.717) is 32.1 Å². The molecular weight excluding hydrogens is 462 g/mol. The van der Waals surface area contributed by atoms with Crippen molar-refractivity contribution in [1.29, 1.82) is 0 Å². The highest BCUT2D eigenvalue weighted by Crippen LogP contribution is 2.28. The van der Waals surface area contributed by atoms with Gasteiger partial charge >= 0.3 is 0 Å². The summed E-state index contributed by atoms with van der Waals surface area (Å²) in [5, 5.41) is 2.87. The first-order valence-corrected chi connectivity index (χ1v) is 13.9. The number of hydrogen-bond donors (Lipinski definition) is 1. The molecule has 7 nitrogen and oxygen atoms in total. The number of benzene rings is 2. The second-order valence-corrected chi connectivity index (χ2v) is 11.3. The molecule has 1 N–H and O–H groups in total. The Bertz CT molecular complexity index is 1110. The topological polar surface area (TPSA) is 86.8 Å². The van der Waals surface area contributed by atoms with Gasteiger partial charge in [-0.1, -0.05) is 64.1 Å². The van der Waals surface area contributed by atoms with Gasteiger partial charge in [0.2, 0.25) is 15.9 Å². The average Bonchev–Trinajstić information content (AvgIpc) is 2.88. The molecule has 1 fully saturated rings. The maximum atomic E-state index is 13.4. The number of piperidine rings is 1. The van der Waals surface area contributed by atoms with Crippen molar-refractivity contribution in [2.75, 3.05) is 26.2 Å². The van der Waals surface area contributed by atoms with Crippen LogP contribution in [0.4, 0.5) is 0 Å². The quantitative estimate of drug-likeness (QED) is 0.567.